The number of methoxy groups -OCH3 is 4. The molecule has 0 aliphatic heterocycles. The van der Waals surface area contributed by atoms with Crippen LogP contribution in [0.15, 0.2) is 65.6 Å². The molecule has 0 saturated heterocycles. The number of amides is 2. The number of nitrogens with zero attached hydrogens (tertiary/aromatic N) is 2. The highest BCUT2D eigenvalue weighted by atomic mass is 35.5. The summed E-state index contributed by atoms with van der Waals surface area (Å²) in [5.74, 6) is 0.0792. The molecule has 0 aromatic heterocycles. The Kier molecular flexibility index (Phi) is 12.2. The van der Waals surface area contributed by atoms with Crippen molar-refractivity contribution in [2.75, 3.05) is 39.3 Å². The number of halogens is 1. The lowest BCUT2D eigenvalue weighted by atomic mass is 9.95. The summed E-state index contributed by atoms with van der Waals surface area (Å²) in [6, 6.07) is 14.9. The first-order chi connectivity index (χ1) is 22.5. The molecule has 1 saturated carbocycles. The number of benzene rings is 3. The average molecular weight is 688 g/mol. The SMILES string of the molecule is COc1ccc(OC)c(N(CC(=O)N(Cc2ccccc2Cl)[C@@H](C)C(=O)NC2CCCCC2)S(=O)(=O)c2ccc(OC)c(OC)c2)c1. The van der Waals surface area contributed by atoms with E-state index in [0.29, 0.717) is 22.1 Å². The molecule has 2 amide bonds. The zero-order valence-corrected chi connectivity index (χ0v) is 28.9. The van der Waals surface area contributed by atoms with E-state index in [-0.39, 0.29) is 40.6 Å². The maximum atomic E-state index is 14.5. The Hall–Kier alpha value is -4.16. The second kappa shape index (κ2) is 16.1. The Morgan fingerprint density at radius 1 is 0.872 bits per heavy atom. The van der Waals surface area contributed by atoms with Gasteiger partial charge < -0.3 is 29.2 Å². The number of nitrogens with one attached hydrogen (secondary N) is 1. The molecule has 13 heteroatoms. The molecule has 1 aliphatic carbocycles. The van der Waals surface area contributed by atoms with Crippen molar-refractivity contribution < 1.29 is 37.0 Å². The lowest BCUT2D eigenvalue weighted by molar-refractivity contribution is -0.139. The van der Waals surface area contributed by atoms with Gasteiger partial charge in [0, 0.05) is 29.7 Å². The Bertz CT molecular complexity index is 1660. The molecule has 1 N–H and O–H groups in total. The molecular weight excluding hydrogens is 646 g/mol. The van der Waals surface area contributed by atoms with Crippen molar-refractivity contribution in [3.05, 3.63) is 71.2 Å². The molecule has 1 fully saturated rings. The minimum Gasteiger partial charge on any atom is -0.497 e. The van der Waals surface area contributed by atoms with Crippen molar-refractivity contribution in [1.82, 2.24) is 10.2 Å². The van der Waals surface area contributed by atoms with Gasteiger partial charge in [-0.1, -0.05) is 49.1 Å². The van der Waals surface area contributed by atoms with E-state index in [2.05, 4.69) is 5.32 Å². The van der Waals surface area contributed by atoms with E-state index < -0.39 is 28.5 Å². The predicted molar refractivity (Wildman–Crippen MR) is 180 cm³/mol. The summed E-state index contributed by atoms with van der Waals surface area (Å²) in [5, 5.41) is 3.50. The number of carbonyl (C=O) groups is 2. The minimum absolute atomic E-state index is 0.0129. The number of carbonyl (C=O) groups excluding carboxylic acids is 2. The molecule has 0 heterocycles. The van der Waals surface area contributed by atoms with Gasteiger partial charge >= 0.3 is 0 Å². The fourth-order valence-corrected chi connectivity index (χ4v) is 7.20. The van der Waals surface area contributed by atoms with Gasteiger partial charge in [0.05, 0.1) is 39.0 Å². The van der Waals surface area contributed by atoms with E-state index in [4.69, 9.17) is 30.5 Å². The van der Waals surface area contributed by atoms with E-state index in [0.717, 1.165) is 36.4 Å². The van der Waals surface area contributed by atoms with E-state index in [1.165, 1.54) is 57.6 Å². The monoisotopic (exact) mass is 687 g/mol. The van der Waals surface area contributed by atoms with Crippen LogP contribution in [0.3, 0.4) is 0 Å². The average Bonchev–Trinajstić information content (AvgIpc) is 3.09. The van der Waals surface area contributed by atoms with Crippen LogP contribution < -0.4 is 28.6 Å². The van der Waals surface area contributed by atoms with Crippen LogP contribution in [0.2, 0.25) is 5.02 Å². The summed E-state index contributed by atoms with van der Waals surface area (Å²) in [6.45, 7) is 0.926. The zero-order valence-electron chi connectivity index (χ0n) is 27.3. The van der Waals surface area contributed by atoms with E-state index >= 15 is 0 Å². The Morgan fingerprint density at radius 2 is 1.53 bits per heavy atom. The van der Waals surface area contributed by atoms with Gasteiger partial charge in [-0.25, -0.2) is 8.42 Å². The molecule has 0 unspecified atom stereocenters. The summed E-state index contributed by atoms with van der Waals surface area (Å²) in [5.41, 5.74) is 0.667. The molecule has 1 aliphatic rings. The zero-order chi connectivity index (χ0) is 34.1. The Morgan fingerprint density at radius 3 is 2.17 bits per heavy atom. The lowest BCUT2D eigenvalue weighted by Gasteiger charge is -2.33. The van der Waals surface area contributed by atoms with Gasteiger partial charge in [-0.2, -0.15) is 0 Å². The van der Waals surface area contributed by atoms with Crippen molar-refractivity contribution in [3.8, 4) is 23.0 Å². The summed E-state index contributed by atoms with van der Waals surface area (Å²) >= 11 is 6.50. The molecule has 1 atom stereocenters. The predicted octanol–water partition coefficient (Wildman–Crippen LogP) is 5.44. The van der Waals surface area contributed by atoms with Crippen LogP contribution in [-0.2, 0) is 26.2 Å². The molecule has 3 aromatic rings. The lowest BCUT2D eigenvalue weighted by Crippen LogP contribution is -2.53. The quantitative estimate of drug-likeness (QED) is 0.238. The molecule has 0 spiro atoms. The maximum Gasteiger partial charge on any atom is 0.265 e. The van der Waals surface area contributed by atoms with Gasteiger partial charge in [0.1, 0.15) is 24.1 Å². The van der Waals surface area contributed by atoms with Gasteiger partial charge in [0.15, 0.2) is 11.5 Å². The Balaban J connectivity index is 1.79. The van der Waals surface area contributed by atoms with Gasteiger partial charge in [0.25, 0.3) is 10.0 Å². The van der Waals surface area contributed by atoms with Crippen LogP contribution in [0, 0.1) is 0 Å². The molecule has 11 nitrogen and oxygen atoms in total. The van der Waals surface area contributed by atoms with Gasteiger partial charge in [-0.05, 0) is 55.7 Å². The molecular formula is C34H42ClN3O8S. The molecule has 3 aromatic carbocycles. The number of anilines is 1. The number of ether oxygens (including phenoxy) is 4. The number of hydrogen-bond donors (Lipinski definition) is 1. The van der Waals surface area contributed by atoms with Crippen LogP contribution >= 0.6 is 11.6 Å². The fourth-order valence-electron chi connectivity index (χ4n) is 5.57. The standard InChI is InChI=1S/C34H42ClN3O8S/c1-23(34(40)36-25-12-7-6-8-13-25)37(21-24-11-9-10-14-28(24)35)33(39)22-38(29-19-26(43-2)15-17-30(29)44-3)47(41,42)27-16-18-31(45-4)32(20-27)46-5/h9-11,14-20,23,25H,6-8,12-13,21-22H2,1-5H3,(H,36,40)/t23-/m0/s1. The van der Waals surface area contributed by atoms with Crippen LogP contribution in [0.25, 0.3) is 0 Å². The number of sulfonamides is 1. The van der Waals surface area contributed by atoms with Crippen LogP contribution in [-0.4, -0.2) is 72.2 Å². The van der Waals surface area contributed by atoms with Crippen LogP contribution in [0.4, 0.5) is 5.69 Å². The van der Waals surface area contributed by atoms with Crippen molar-refractivity contribution in [1.29, 1.82) is 0 Å². The van der Waals surface area contributed by atoms with E-state index in [1.54, 1.807) is 43.3 Å². The van der Waals surface area contributed by atoms with Crippen molar-refractivity contribution in [2.24, 2.45) is 0 Å². The fraction of sp³-hybridized carbons (Fsp3) is 0.412. The normalized spacial score (nSPS) is 14.1. The first kappa shape index (κ1) is 35.7. The summed E-state index contributed by atoms with van der Waals surface area (Å²) in [4.78, 5) is 29.2. The van der Waals surface area contributed by atoms with E-state index in [1.807, 2.05) is 0 Å². The molecule has 254 valence electrons. The van der Waals surface area contributed by atoms with Crippen LogP contribution in [0.5, 0.6) is 23.0 Å². The maximum absolute atomic E-state index is 14.5. The first-order valence-corrected chi connectivity index (χ1v) is 17.2. The summed E-state index contributed by atoms with van der Waals surface area (Å²) in [6.07, 6.45) is 4.89. The first-order valence-electron chi connectivity index (χ1n) is 15.3. The van der Waals surface area contributed by atoms with Crippen molar-refractivity contribution in [2.45, 2.75) is 62.6 Å². The Labute approximate surface area is 281 Å². The highest BCUT2D eigenvalue weighted by Crippen LogP contribution is 2.38. The third-order valence-electron chi connectivity index (χ3n) is 8.29. The molecule has 0 bridgehead atoms. The second-order valence-corrected chi connectivity index (χ2v) is 13.5. The van der Waals surface area contributed by atoms with Gasteiger partial charge in [0.2, 0.25) is 11.8 Å². The summed E-state index contributed by atoms with van der Waals surface area (Å²) < 4.78 is 51.5. The summed E-state index contributed by atoms with van der Waals surface area (Å²) in [7, 11) is 1.22. The van der Waals surface area contributed by atoms with Gasteiger partial charge in [-0.3, -0.25) is 13.9 Å². The molecule has 47 heavy (non-hydrogen) atoms. The third-order valence-corrected chi connectivity index (χ3v) is 10.4. The number of rotatable bonds is 14. The smallest absolute Gasteiger partial charge is 0.265 e. The molecule has 4 rings (SSSR count). The van der Waals surface area contributed by atoms with Crippen molar-refractivity contribution >= 4 is 39.1 Å². The third kappa shape index (κ3) is 8.41. The minimum atomic E-state index is -4.46. The largest absolute Gasteiger partial charge is 0.497 e. The second-order valence-electron chi connectivity index (χ2n) is 11.2. The van der Waals surface area contributed by atoms with Crippen LogP contribution in [0.1, 0.15) is 44.6 Å². The topological polar surface area (TPSA) is 124 Å². The number of hydrogen-bond acceptors (Lipinski definition) is 8. The van der Waals surface area contributed by atoms with Gasteiger partial charge in [-0.15, -0.1) is 0 Å². The van der Waals surface area contributed by atoms with Crippen molar-refractivity contribution in [3.63, 3.8) is 0 Å². The highest BCUT2D eigenvalue weighted by Gasteiger charge is 2.35. The molecule has 0 radical (unpaired) electrons. The van der Waals surface area contributed by atoms with E-state index in [9.17, 15) is 18.0 Å². The highest BCUT2D eigenvalue weighted by molar-refractivity contribution is 7.92.